The summed E-state index contributed by atoms with van der Waals surface area (Å²) in [6, 6.07) is -1.16. The SMILES string of the molecule is CCCCCCCCC(=O)OCC(COC(=O)CCCCCCCC)CC(=O)OC[C@@H]1C[C@H](COC(=O)CC(COC(=O)CCCCCCCC)COC(=O)CCCCCCCC)N1C(=O)OC(C)(C)C. The number of nitrogens with zero attached hydrogens (tertiary/aromatic N) is 1. The fourth-order valence-electron chi connectivity index (χ4n) is 8.24. The Hall–Kier alpha value is -3.91. The molecular weight excluding hydrogens is 911 g/mol. The molecule has 1 amide bonds. The highest BCUT2D eigenvalue weighted by molar-refractivity contribution is 5.73. The van der Waals surface area contributed by atoms with E-state index in [1.165, 1.54) is 30.6 Å². The van der Waals surface area contributed by atoms with Gasteiger partial charge in [-0.05, 0) is 52.9 Å². The average Bonchev–Trinajstić information content (AvgIpc) is 3.31. The molecule has 1 rings (SSSR count). The first-order valence-electron chi connectivity index (χ1n) is 28.1. The molecule has 1 saturated heterocycles. The highest BCUT2D eigenvalue weighted by Crippen LogP contribution is 2.30. The third kappa shape index (κ3) is 35.8. The fraction of sp³-hybridized carbons (Fsp3) is 0.875. The van der Waals surface area contributed by atoms with Gasteiger partial charge >= 0.3 is 41.9 Å². The van der Waals surface area contributed by atoms with E-state index in [0.717, 1.165) is 103 Å². The largest absolute Gasteiger partial charge is 0.465 e. The molecule has 1 fully saturated rings. The number of likely N-dealkylation sites (tertiary alicyclic amines) is 1. The van der Waals surface area contributed by atoms with Gasteiger partial charge in [0, 0.05) is 37.5 Å². The molecule has 1 aliphatic rings. The van der Waals surface area contributed by atoms with Crippen molar-refractivity contribution >= 4 is 41.9 Å². The molecule has 0 aromatic heterocycles. The van der Waals surface area contributed by atoms with E-state index in [1.807, 2.05) is 0 Å². The summed E-state index contributed by atoms with van der Waals surface area (Å²) >= 11 is 0. The Bertz CT molecular complexity index is 1310. The Labute approximate surface area is 428 Å². The molecule has 0 radical (unpaired) electrons. The van der Waals surface area contributed by atoms with Crippen LogP contribution in [0.3, 0.4) is 0 Å². The van der Waals surface area contributed by atoms with E-state index in [4.69, 9.17) is 33.2 Å². The molecule has 0 aromatic carbocycles. The number of hydrogen-bond acceptors (Lipinski definition) is 14. The van der Waals surface area contributed by atoms with Gasteiger partial charge in [-0.1, -0.05) is 156 Å². The van der Waals surface area contributed by atoms with E-state index in [2.05, 4.69) is 27.7 Å². The van der Waals surface area contributed by atoms with Crippen molar-refractivity contribution in [3.8, 4) is 0 Å². The number of rotatable bonds is 44. The van der Waals surface area contributed by atoms with E-state index in [1.54, 1.807) is 20.8 Å². The summed E-state index contributed by atoms with van der Waals surface area (Å²) < 4.78 is 39.2. The topological polar surface area (TPSA) is 187 Å². The monoisotopic (exact) mass is 1010 g/mol. The smallest absolute Gasteiger partial charge is 0.411 e. The average molecular weight is 1010 g/mol. The summed E-state index contributed by atoms with van der Waals surface area (Å²) in [7, 11) is 0. The molecule has 1 heterocycles. The Morgan fingerprint density at radius 3 is 0.930 bits per heavy atom. The maximum Gasteiger partial charge on any atom is 0.411 e. The lowest BCUT2D eigenvalue weighted by atomic mass is 9.94. The number of amides is 1. The van der Waals surface area contributed by atoms with Gasteiger partial charge in [0.2, 0.25) is 0 Å². The molecule has 71 heavy (non-hydrogen) atoms. The minimum absolute atomic E-state index is 0.112. The molecule has 15 heteroatoms. The molecular formula is C56H99NO14. The van der Waals surface area contributed by atoms with Crippen molar-refractivity contribution in [3.05, 3.63) is 0 Å². The zero-order valence-corrected chi connectivity index (χ0v) is 45.6. The van der Waals surface area contributed by atoms with Crippen molar-refractivity contribution in [2.75, 3.05) is 39.6 Å². The molecule has 0 saturated carbocycles. The van der Waals surface area contributed by atoms with Crippen LogP contribution in [0.2, 0.25) is 0 Å². The van der Waals surface area contributed by atoms with Crippen LogP contribution in [0.5, 0.6) is 0 Å². The van der Waals surface area contributed by atoms with Crippen molar-refractivity contribution in [3.63, 3.8) is 0 Å². The van der Waals surface area contributed by atoms with Crippen molar-refractivity contribution in [1.29, 1.82) is 0 Å². The predicted octanol–water partition coefficient (Wildman–Crippen LogP) is 12.6. The molecule has 2 atom stereocenters. The molecule has 0 bridgehead atoms. The van der Waals surface area contributed by atoms with Crippen LogP contribution in [0.1, 0.15) is 248 Å². The third-order valence-corrected chi connectivity index (χ3v) is 12.6. The first-order chi connectivity index (χ1) is 34.1. The molecule has 0 spiro atoms. The van der Waals surface area contributed by atoms with Crippen LogP contribution in [-0.2, 0) is 61.9 Å². The van der Waals surface area contributed by atoms with Crippen molar-refractivity contribution in [2.45, 2.75) is 265 Å². The van der Waals surface area contributed by atoms with Crippen LogP contribution in [-0.4, -0.2) is 104 Å². The van der Waals surface area contributed by atoms with Crippen LogP contribution in [0, 0.1) is 11.8 Å². The maximum atomic E-state index is 13.5. The summed E-state index contributed by atoms with van der Waals surface area (Å²) in [5.41, 5.74) is -0.840. The fourth-order valence-corrected chi connectivity index (χ4v) is 8.24. The summed E-state index contributed by atoms with van der Waals surface area (Å²) in [5.74, 6) is -3.96. The molecule has 1 aliphatic heterocycles. The van der Waals surface area contributed by atoms with Gasteiger partial charge in [0.15, 0.2) is 0 Å². The van der Waals surface area contributed by atoms with Gasteiger partial charge in [-0.25, -0.2) is 4.79 Å². The second-order valence-electron chi connectivity index (χ2n) is 20.7. The summed E-state index contributed by atoms with van der Waals surface area (Å²) in [5, 5.41) is 0. The highest BCUT2D eigenvalue weighted by Gasteiger charge is 2.45. The maximum absolute atomic E-state index is 13.5. The normalized spacial score (nSPS) is 14.5. The van der Waals surface area contributed by atoms with Gasteiger partial charge in [0.25, 0.3) is 0 Å². The number of carbonyl (C=O) groups excluding carboxylic acids is 7. The van der Waals surface area contributed by atoms with Gasteiger partial charge < -0.3 is 33.2 Å². The van der Waals surface area contributed by atoms with E-state index >= 15 is 0 Å². The minimum atomic E-state index is -0.840. The lowest BCUT2D eigenvalue weighted by Crippen LogP contribution is -2.63. The lowest BCUT2D eigenvalue weighted by Gasteiger charge is -2.47. The van der Waals surface area contributed by atoms with E-state index in [-0.39, 0.29) is 102 Å². The molecule has 0 aliphatic carbocycles. The zero-order chi connectivity index (χ0) is 52.5. The van der Waals surface area contributed by atoms with Crippen LogP contribution >= 0.6 is 0 Å². The Kier molecular flexibility index (Phi) is 38.1. The van der Waals surface area contributed by atoms with E-state index in [9.17, 15) is 33.6 Å². The number of carbonyl (C=O) groups is 7. The third-order valence-electron chi connectivity index (χ3n) is 12.6. The predicted molar refractivity (Wildman–Crippen MR) is 274 cm³/mol. The van der Waals surface area contributed by atoms with Gasteiger partial charge in [-0.2, -0.15) is 0 Å². The van der Waals surface area contributed by atoms with Crippen LogP contribution < -0.4 is 0 Å². The zero-order valence-electron chi connectivity index (χ0n) is 45.6. The molecule has 0 unspecified atom stereocenters. The Balaban J connectivity index is 2.90. The lowest BCUT2D eigenvalue weighted by molar-refractivity contribution is -0.160. The van der Waals surface area contributed by atoms with Crippen molar-refractivity contribution in [2.24, 2.45) is 11.8 Å². The van der Waals surface area contributed by atoms with Crippen molar-refractivity contribution in [1.82, 2.24) is 4.90 Å². The van der Waals surface area contributed by atoms with Crippen molar-refractivity contribution < 1.29 is 66.7 Å². The number of hydrogen-bond donors (Lipinski definition) is 0. The summed E-state index contributed by atoms with van der Waals surface area (Å²) in [4.78, 5) is 92.0. The first-order valence-corrected chi connectivity index (χ1v) is 28.1. The van der Waals surface area contributed by atoms with E-state index < -0.39 is 47.6 Å². The second-order valence-corrected chi connectivity index (χ2v) is 20.7. The van der Waals surface area contributed by atoms with Gasteiger partial charge in [-0.15, -0.1) is 0 Å². The standard InChI is InChI=1S/C56H99NO14/c1-8-12-16-20-24-28-32-49(58)65-39-45(40-66-50(59)33-29-25-21-17-13-9-2)36-53(62)69-43-47-38-48(57(47)55(64)71-56(5,6)7)44-70-54(63)37-46(41-67-51(60)34-30-26-22-18-14-10-3)42-68-52(61)35-31-27-23-19-15-11-4/h45-48H,8-44H2,1-7H3/t47-,48+. The summed E-state index contributed by atoms with van der Waals surface area (Å²) in [6.07, 6.45) is 24.9. The summed E-state index contributed by atoms with van der Waals surface area (Å²) in [6.45, 7) is 13.0. The van der Waals surface area contributed by atoms with Crippen LogP contribution in [0.4, 0.5) is 4.79 Å². The van der Waals surface area contributed by atoms with Gasteiger partial charge in [0.05, 0.1) is 51.4 Å². The second kappa shape index (κ2) is 41.6. The van der Waals surface area contributed by atoms with Gasteiger partial charge in [-0.3, -0.25) is 33.7 Å². The molecule has 15 nitrogen and oxygen atoms in total. The Morgan fingerprint density at radius 2 is 0.662 bits per heavy atom. The molecule has 412 valence electrons. The highest BCUT2D eigenvalue weighted by atomic mass is 16.6. The van der Waals surface area contributed by atoms with Gasteiger partial charge in [0.1, 0.15) is 18.8 Å². The van der Waals surface area contributed by atoms with E-state index in [0.29, 0.717) is 32.1 Å². The first kappa shape index (κ1) is 65.1. The molecule has 0 N–H and O–H groups in total. The molecule has 0 aromatic rings. The Morgan fingerprint density at radius 1 is 0.394 bits per heavy atom. The quantitative estimate of drug-likeness (QED) is 0.0318. The van der Waals surface area contributed by atoms with Crippen LogP contribution in [0.15, 0.2) is 0 Å². The number of esters is 6. The number of unbranched alkanes of at least 4 members (excludes halogenated alkanes) is 20. The minimum Gasteiger partial charge on any atom is -0.465 e. The van der Waals surface area contributed by atoms with Crippen LogP contribution in [0.25, 0.3) is 0 Å². The number of ether oxygens (including phenoxy) is 7.